The number of rotatable bonds is 10. The summed E-state index contributed by atoms with van der Waals surface area (Å²) in [6.45, 7) is 7.57. The summed E-state index contributed by atoms with van der Waals surface area (Å²) in [7, 11) is 0. The number of unbranched alkanes of at least 4 members (excludes halogenated alkanes) is 1. The maximum atomic E-state index is 5.71. The van der Waals surface area contributed by atoms with Gasteiger partial charge in [0.25, 0.3) is 0 Å². The number of aliphatic imine (C=N–C) groups is 1. The maximum Gasteiger partial charge on any atom is 0.191 e. The Labute approximate surface area is 162 Å². The number of guanidine groups is 1. The first-order valence-corrected chi connectivity index (χ1v) is 9.36. The van der Waals surface area contributed by atoms with Crippen molar-refractivity contribution in [2.45, 2.75) is 26.7 Å². The fourth-order valence-electron chi connectivity index (χ4n) is 1.84. The zero-order chi connectivity index (χ0) is 16.0. The molecule has 0 fully saturated rings. The summed E-state index contributed by atoms with van der Waals surface area (Å²) in [5.74, 6) is 2.95. The van der Waals surface area contributed by atoms with Crippen LogP contribution in [0.4, 0.5) is 0 Å². The molecule has 0 unspecified atom stereocenters. The normalized spacial score (nSPS) is 10.8. The summed E-state index contributed by atoms with van der Waals surface area (Å²) in [6.07, 6.45) is 4.16. The molecule has 0 atom stereocenters. The minimum atomic E-state index is 0. The summed E-state index contributed by atoms with van der Waals surface area (Å²) in [5.41, 5.74) is 1.26. The van der Waals surface area contributed by atoms with Gasteiger partial charge in [0.1, 0.15) is 5.75 Å². The van der Waals surface area contributed by atoms with Crippen molar-refractivity contribution in [3.63, 3.8) is 0 Å². The number of thioether (sulfide) groups is 1. The van der Waals surface area contributed by atoms with Crippen molar-refractivity contribution in [1.82, 2.24) is 10.6 Å². The Kier molecular flexibility index (Phi) is 14.5. The molecule has 1 aromatic rings. The third-order valence-corrected chi connectivity index (χ3v) is 3.67. The van der Waals surface area contributed by atoms with Crippen molar-refractivity contribution in [2.75, 3.05) is 38.2 Å². The minimum Gasteiger partial charge on any atom is -0.494 e. The number of nitrogens with zero attached hydrogens (tertiary/aromatic N) is 1. The van der Waals surface area contributed by atoms with Crippen molar-refractivity contribution in [1.29, 1.82) is 0 Å². The van der Waals surface area contributed by atoms with Crippen LogP contribution in [0.3, 0.4) is 0 Å². The lowest BCUT2D eigenvalue weighted by molar-refractivity contribution is 0.308. The Balaban J connectivity index is 0.00000484. The van der Waals surface area contributed by atoms with Crippen LogP contribution in [0.25, 0.3) is 0 Å². The fraction of sp³-hybridized carbons (Fsp3) is 0.588. The van der Waals surface area contributed by atoms with Crippen LogP contribution in [0.15, 0.2) is 29.3 Å². The molecule has 132 valence electrons. The average Bonchev–Trinajstić information content (AvgIpc) is 2.52. The third-order valence-electron chi connectivity index (χ3n) is 3.05. The molecule has 6 heteroatoms. The molecule has 0 aromatic heterocycles. The molecule has 4 nitrogen and oxygen atoms in total. The van der Waals surface area contributed by atoms with Crippen LogP contribution in [0.1, 0.15) is 25.3 Å². The van der Waals surface area contributed by atoms with Crippen LogP contribution in [0.5, 0.6) is 5.75 Å². The summed E-state index contributed by atoms with van der Waals surface area (Å²) >= 11 is 1.83. The van der Waals surface area contributed by atoms with E-state index in [2.05, 4.69) is 47.9 Å². The van der Waals surface area contributed by atoms with Crippen LogP contribution >= 0.6 is 35.7 Å². The Morgan fingerprint density at radius 1 is 1.17 bits per heavy atom. The Morgan fingerprint density at radius 2 is 1.91 bits per heavy atom. The summed E-state index contributed by atoms with van der Waals surface area (Å²) in [4.78, 5) is 4.57. The first kappa shape index (κ1) is 22.4. The quantitative estimate of drug-likeness (QED) is 0.247. The topological polar surface area (TPSA) is 45.7 Å². The molecule has 1 rings (SSSR count). The average molecular weight is 451 g/mol. The van der Waals surface area contributed by atoms with Crippen molar-refractivity contribution < 1.29 is 4.74 Å². The van der Waals surface area contributed by atoms with Crippen molar-refractivity contribution in [3.8, 4) is 5.75 Å². The molecule has 0 saturated carbocycles. The van der Waals surface area contributed by atoms with E-state index >= 15 is 0 Å². The number of ether oxygens (including phenoxy) is 1. The van der Waals surface area contributed by atoms with Gasteiger partial charge in [-0.3, -0.25) is 4.99 Å². The number of benzene rings is 1. The Bertz CT molecular complexity index is 426. The van der Waals surface area contributed by atoms with Gasteiger partial charge in [-0.2, -0.15) is 11.8 Å². The van der Waals surface area contributed by atoms with Gasteiger partial charge in [-0.25, -0.2) is 0 Å². The van der Waals surface area contributed by atoms with E-state index in [1.807, 2.05) is 23.9 Å². The van der Waals surface area contributed by atoms with Gasteiger partial charge in [-0.1, -0.05) is 17.7 Å². The monoisotopic (exact) mass is 451 g/mol. The molecule has 0 bridgehead atoms. The Hall–Kier alpha value is -0.630. The summed E-state index contributed by atoms with van der Waals surface area (Å²) in [5, 5.41) is 6.59. The summed E-state index contributed by atoms with van der Waals surface area (Å²) < 4.78 is 5.71. The van der Waals surface area contributed by atoms with Crippen molar-refractivity contribution in [3.05, 3.63) is 29.8 Å². The van der Waals surface area contributed by atoms with E-state index < -0.39 is 0 Å². The molecular weight excluding hydrogens is 421 g/mol. The molecule has 2 N–H and O–H groups in total. The zero-order valence-corrected chi connectivity index (χ0v) is 17.6. The van der Waals surface area contributed by atoms with Crippen molar-refractivity contribution >= 4 is 41.7 Å². The first-order chi connectivity index (χ1) is 10.8. The molecule has 0 aliphatic rings. The van der Waals surface area contributed by atoms with Gasteiger partial charge in [0.2, 0.25) is 0 Å². The molecule has 0 aliphatic carbocycles. The van der Waals surface area contributed by atoms with E-state index in [9.17, 15) is 0 Å². The molecular formula is C17H30IN3OS. The number of hydrogen-bond donors (Lipinski definition) is 2. The lowest BCUT2D eigenvalue weighted by Crippen LogP contribution is -2.38. The third kappa shape index (κ3) is 11.5. The standard InChI is InChI=1S/C17H29N3OS.HI/c1-4-18-17(20-12-14-22-3)19-11-5-6-13-21-16-9-7-15(2)8-10-16;/h7-10H,4-6,11-14H2,1-3H3,(H2,18,19,20);1H. The highest BCUT2D eigenvalue weighted by atomic mass is 127. The first-order valence-electron chi connectivity index (χ1n) is 7.97. The van der Waals surface area contributed by atoms with Gasteiger partial charge < -0.3 is 15.4 Å². The number of hydrogen-bond acceptors (Lipinski definition) is 3. The second-order valence-corrected chi connectivity index (χ2v) is 6.03. The molecule has 0 spiro atoms. The van der Waals surface area contributed by atoms with Crippen LogP contribution in [-0.4, -0.2) is 44.2 Å². The molecule has 0 aliphatic heterocycles. The van der Waals surface area contributed by atoms with Gasteiger partial charge in [0, 0.05) is 25.4 Å². The van der Waals surface area contributed by atoms with Gasteiger partial charge in [-0.05, 0) is 45.1 Å². The van der Waals surface area contributed by atoms with E-state index in [4.69, 9.17) is 4.74 Å². The molecule has 23 heavy (non-hydrogen) atoms. The molecule has 0 amide bonds. The lowest BCUT2D eigenvalue weighted by Gasteiger charge is -2.10. The van der Waals surface area contributed by atoms with E-state index in [1.54, 1.807) is 0 Å². The number of halogens is 1. The molecule has 0 radical (unpaired) electrons. The summed E-state index contributed by atoms with van der Waals surface area (Å²) in [6, 6.07) is 8.18. The van der Waals surface area contributed by atoms with E-state index in [0.717, 1.165) is 56.5 Å². The van der Waals surface area contributed by atoms with Crippen LogP contribution in [0, 0.1) is 6.92 Å². The predicted molar refractivity (Wildman–Crippen MR) is 114 cm³/mol. The molecule has 0 saturated heterocycles. The van der Waals surface area contributed by atoms with E-state index in [1.165, 1.54) is 5.56 Å². The van der Waals surface area contributed by atoms with Gasteiger partial charge in [-0.15, -0.1) is 24.0 Å². The predicted octanol–water partition coefficient (Wildman–Crippen LogP) is 3.69. The highest BCUT2D eigenvalue weighted by Gasteiger charge is 1.96. The fourth-order valence-corrected chi connectivity index (χ4v) is 2.15. The molecule has 1 aromatic carbocycles. The van der Waals surface area contributed by atoms with Gasteiger partial charge >= 0.3 is 0 Å². The van der Waals surface area contributed by atoms with Crippen molar-refractivity contribution in [2.24, 2.45) is 4.99 Å². The lowest BCUT2D eigenvalue weighted by atomic mass is 10.2. The van der Waals surface area contributed by atoms with Gasteiger partial charge in [0.05, 0.1) is 6.61 Å². The van der Waals surface area contributed by atoms with E-state index in [0.29, 0.717) is 0 Å². The van der Waals surface area contributed by atoms with Crippen LogP contribution < -0.4 is 15.4 Å². The zero-order valence-electron chi connectivity index (χ0n) is 14.4. The van der Waals surface area contributed by atoms with Gasteiger partial charge in [0.15, 0.2) is 5.96 Å². The minimum absolute atomic E-state index is 0. The number of aryl methyl sites for hydroxylation is 1. The van der Waals surface area contributed by atoms with E-state index in [-0.39, 0.29) is 24.0 Å². The molecule has 0 heterocycles. The Morgan fingerprint density at radius 3 is 2.57 bits per heavy atom. The highest BCUT2D eigenvalue weighted by Crippen LogP contribution is 2.11. The van der Waals surface area contributed by atoms with Crippen LogP contribution in [0.2, 0.25) is 0 Å². The largest absolute Gasteiger partial charge is 0.494 e. The number of nitrogens with one attached hydrogen (secondary N) is 2. The second-order valence-electron chi connectivity index (χ2n) is 5.05. The highest BCUT2D eigenvalue weighted by molar-refractivity contribution is 14.0. The SMILES string of the molecule is CCNC(=NCCCCOc1ccc(C)cc1)NCCSC.I. The maximum absolute atomic E-state index is 5.71. The second kappa shape index (κ2) is 14.9. The van der Waals surface area contributed by atoms with Crippen LogP contribution in [-0.2, 0) is 0 Å². The smallest absolute Gasteiger partial charge is 0.191 e.